The van der Waals surface area contributed by atoms with E-state index in [9.17, 15) is 4.79 Å². The van der Waals surface area contributed by atoms with E-state index in [4.69, 9.17) is 16.2 Å². The van der Waals surface area contributed by atoms with Crippen LogP contribution < -0.4 is 11.5 Å². The number of aryl methyl sites for hydroxylation is 1. The van der Waals surface area contributed by atoms with Crippen LogP contribution in [-0.2, 0) is 11.3 Å². The Hall–Kier alpha value is -2.06. The van der Waals surface area contributed by atoms with E-state index in [0.717, 1.165) is 42.9 Å². The van der Waals surface area contributed by atoms with Gasteiger partial charge in [-0.2, -0.15) is 0 Å². The van der Waals surface area contributed by atoms with Crippen molar-refractivity contribution in [1.29, 1.82) is 0 Å². The second-order valence-corrected chi connectivity index (χ2v) is 7.19. The monoisotopic (exact) mass is 361 g/mol. The zero-order valence-corrected chi connectivity index (χ0v) is 15.3. The van der Waals surface area contributed by atoms with Gasteiger partial charge in [0.1, 0.15) is 11.6 Å². The third-order valence-electron chi connectivity index (χ3n) is 4.36. The van der Waals surface area contributed by atoms with Crippen LogP contribution >= 0.6 is 11.8 Å². The fourth-order valence-electron chi connectivity index (χ4n) is 3.09. The highest BCUT2D eigenvalue weighted by Gasteiger charge is 2.21. The maximum Gasteiger partial charge on any atom is 0.191 e. The molecular formula is C17H23N5O2S. The number of aromatic nitrogens is 3. The van der Waals surface area contributed by atoms with E-state index in [2.05, 4.69) is 14.5 Å². The molecule has 2 aromatic heterocycles. The number of hydrogen-bond donors (Lipinski definition) is 2. The molecule has 0 spiro atoms. The fraction of sp³-hybridized carbons (Fsp3) is 0.471. The summed E-state index contributed by atoms with van der Waals surface area (Å²) < 4.78 is 7.88. The summed E-state index contributed by atoms with van der Waals surface area (Å²) in [5, 5.41) is 0.416. The molecular weight excluding hydrogens is 338 g/mol. The summed E-state index contributed by atoms with van der Waals surface area (Å²) in [5.74, 6) is 0.892. The number of thioether (sulfide) groups is 1. The zero-order chi connectivity index (χ0) is 18.0. The quantitative estimate of drug-likeness (QED) is 0.461. The van der Waals surface area contributed by atoms with Gasteiger partial charge in [0, 0.05) is 36.2 Å². The molecule has 4 N–H and O–H groups in total. The first-order valence-corrected chi connectivity index (χ1v) is 9.27. The van der Waals surface area contributed by atoms with E-state index < -0.39 is 0 Å². The zero-order valence-electron chi connectivity index (χ0n) is 14.5. The van der Waals surface area contributed by atoms with Gasteiger partial charge in [0.2, 0.25) is 0 Å². The van der Waals surface area contributed by atoms with E-state index in [0.29, 0.717) is 16.8 Å². The van der Waals surface area contributed by atoms with Crippen LogP contribution in [0.2, 0.25) is 0 Å². The van der Waals surface area contributed by atoms with Crippen molar-refractivity contribution in [1.82, 2.24) is 14.5 Å². The third kappa shape index (κ3) is 4.13. The number of hydrogen-bond acceptors (Lipinski definition) is 7. The van der Waals surface area contributed by atoms with Crippen molar-refractivity contribution in [2.45, 2.75) is 44.5 Å². The molecule has 1 aliphatic heterocycles. The topological polar surface area (TPSA) is 109 Å². The summed E-state index contributed by atoms with van der Waals surface area (Å²) in [6.07, 6.45) is 2.42. The maximum atomic E-state index is 12.6. The van der Waals surface area contributed by atoms with E-state index >= 15 is 0 Å². The molecule has 1 atom stereocenters. The van der Waals surface area contributed by atoms with Crippen LogP contribution in [-0.4, -0.2) is 38.8 Å². The van der Waals surface area contributed by atoms with Gasteiger partial charge in [-0.15, -0.1) is 0 Å². The Morgan fingerprint density at radius 2 is 2.04 bits per heavy atom. The number of rotatable bonds is 6. The van der Waals surface area contributed by atoms with Crippen LogP contribution in [0.4, 0.5) is 11.6 Å². The first-order valence-electron chi connectivity index (χ1n) is 8.28. The predicted molar refractivity (Wildman–Crippen MR) is 98.8 cm³/mol. The molecule has 7 nitrogen and oxygen atoms in total. The van der Waals surface area contributed by atoms with Crippen molar-refractivity contribution >= 4 is 29.2 Å². The number of carbonyl (C=O) groups excluding carboxylic acids is 1. The molecule has 0 unspecified atom stereocenters. The highest BCUT2D eigenvalue weighted by Crippen LogP contribution is 2.23. The predicted octanol–water partition coefficient (Wildman–Crippen LogP) is 2.21. The number of carbonyl (C=O) groups is 1. The molecule has 1 aliphatic rings. The molecule has 3 heterocycles. The molecule has 3 rings (SSSR count). The van der Waals surface area contributed by atoms with Gasteiger partial charge in [-0.25, -0.2) is 9.97 Å². The second-order valence-electron chi connectivity index (χ2n) is 6.24. The molecule has 0 saturated carbocycles. The van der Waals surface area contributed by atoms with Gasteiger partial charge in [-0.05, 0) is 32.8 Å². The number of nitrogen functional groups attached to an aromatic ring is 2. The lowest BCUT2D eigenvalue weighted by molar-refractivity contribution is 0.0957. The molecule has 25 heavy (non-hydrogen) atoms. The second kappa shape index (κ2) is 7.45. The Morgan fingerprint density at radius 3 is 2.68 bits per heavy atom. The highest BCUT2D eigenvalue weighted by molar-refractivity contribution is 7.99. The van der Waals surface area contributed by atoms with Crippen molar-refractivity contribution in [2.24, 2.45) is 0 Å². The van der Waals surface area contributed by atoms with Crippen molar-refractivity contribution in [3.8, 4) is 0 Å². The maximum absolute atomic E-state index is 12.6. The number of nitrogens with two attached hydrogens (primary N) is 2. The minimum atomic E-state index is 0.0429. The van der Waals surface area contributed by atoms with Gasteiger partial charge in [-0.3, -0.25) is 4.79 Å². The molecule has 0 aromatic carbocycles. The normalized spacial score (nSPS) is 17.1. The lowest BCUT2D eigenvalue weighted by Gasteiger charge is -2.14. The lowest BCUT2D eigenvalue weighted by atomic mass is 10.2. The Morgan fingerprint density at radius 1 is 1.32 bits per heavy atom. The standard InChI is InChI=1S/C17H23N5O2S/c1-10-6-13(11(2)22(10)8-12-4-3-5-24-12)14(23)9-25-17-20-15(18)7-16(19)21-17/h6-7,12H,3-5,8-9H2,1-2H3,(H4,18,19,20,21)/t12-/m0/s1. The van der Waals surface area contributed by atoms with Crippen LogP contribution in [0.15, 0.2) is 17.3 Å². The number of ketones is 1. The summed E-state index contributed by atoms with van der Waals surface area (Å²) in [6, 6.07) is 3.44. The van der Waals surface area contributed by atoms with Gasteiger partial charge in [0.25, 0.3) is 0 Å². The van der Waals surface area contributed by atoms with E-state index in [-0.39, 0.29) is 17.6 Å². The Labute approximate surface area is 151 Å². The van der Waals surface area contributed by atoms with Crippen LogP contribution in [0.5, 0.6) is 0 Å². The molecule has 0 aliphatic carbocycles. The summed E-state index contributed by atoms with van der Waals surface area (Å²) in [7, 11) is 0. The van der Waals surface area contributed by atoms with Crippen LogP contribution in [0.25, 0.3) is 0 Å². The number of nitrogens with zero attached hydrogens (tertiary/aromatic N) is 3. The van der Waals surface area contributed by atoms with Gasteiger partial charge in [0.05, 0.1) is 11.9 Å². The number of anilines is 2. The molecule has 0 bridgehead atoms. The largest absolute Gasteiger partial charge is 0.383 e. The Bertz CT molecular complexity index is 763. The molecule has 1 fully saturated rings. The molecule has 1 saturated heterocycles. The Kier molecular flexibility index (Phi) is 5.29. The van der Waals surface area contributed by atoms with Crippen LogP contribution in [0.1, 0.15) is 34.6 Å². The minimum Gasteiger partial charge on any atom is -0.383 e. The fourth-order valence-corrected chi connectivity index (χ4v) is 3.85. The number of Topliss-reactive ketones (excluding diaryl/α,β-unsaturated/α-hetero) is 1. The van der Waals surface area contributed by atoms with Gasteiger partial charge in [0.15, 0.2) is 10.9 Å². The van der Waals surface area contributed by atoms with Crippen molar-refractivity contribution in [3.05, 3.63) is 29.1 Å². The van der Waals surface area contributed by atoms with E-state index in [1.807, 2.05) is 19.9 Å². The SMILES string of the molecule is Cc1cc(C(=O)CSc2nc(N)cc(N)n2)c(C)n1C[C@@H]1CCCO1. The van der Waals surface area contributed by atoms with Crippen molar-refractivity contribution in [2.75, 3.05) is 23.8 Å². The molecule has 134 valence electrons. The molecule has 0 amide bonds. The van der Waals surface area contributed by atoms with E-state index in [1.165, 1.54) is 17.8 Å². The smallest absolute Gasteiger partial charge is 0.191 e. The first kappa shape index (κ1) is 17.8. The van der Waals surface area contributed by atoms with Gasteiger partial charge in [-0.1, -0.05) is 11.8 Å². The lowest BCUT2D eigenvalue weighted by Crippen LogP contribution is -2.17. The summed E-state index contributed by atoms with van der Waals surface area (Å²) in [4.78, 5) is 20.8. The average Bonchev–Trinajstić information content (AvgIpc) is 3.15. The average molecular weight is 361 g/mol. The Balaban J connectivity index is 1.69. The van der Waals surface area contributed by atoms with E-state index in [1.54, 1.807) is 0 Å². The number of ether oxygens (including phenoxy) is 1. The van der Waals surface area contributed by atoms with Crippen molar-refractivity contribution < 1.29 is 9.53 Å². The molecule has 8 heteroatoms. The van der Waals surface area contributed by atoms with Crippen LogP contribution in [0.3, 0.4) is 0 Å². The summed E-state index contributed by atoms with van der Waals surface area (Å²) >= 11 is 1.24. The van der Waals surface area contributed by atoms with Crippen LogP contribution in [0, 0.1) is 13.8 Å². The van der Waals surface area contributed by atoms with Gasteiger partial charge >= 0.3 is 0 Å². The minimum absolute atomic E-state index is 0.0429. The third-order valence-corrected chi connectivity index (χ3v) is 5.21. The summed E-state index contributed by atoms with van der Waals surface area (Å²) in [5.41, 5.74) is 14.1. The highest BCUT2D eigenvalue weighted by atomic mass is 32.2. The molecule has 0 radical (unpaired) electrons. The van der Waals surface area contributed by atoms with Crippen molar-refractivity contribution in [3.63, 3.8) is 0 Å². The summed E-state index contributed by atoms with van der Waals surface area (Å²) in [6.45, 7) is 5.63. The first-order chi connectivity index (χ1) is 11.9. The van der Waals surface area contributed by atoms with Gasteiger partial charge < -0.3 is 20.8 Å². The molecule has 2 aromatic rings.